The van der Waals surface area contributed by atoms with E-state index < -0.39 is 6.04 Å². The molecule has 2 aliphatic rings. The van der Waals surface area contributed by atoms with Gasteiger partial charge < -0.3 is 14.6 Å². The van der Waals surface area contributed by atoms with E-state index in [1.165, 1.54) is 6.26 Å². The zero-order valence-corrected chi connectivity index (χ0v) is 14.3. The molecule has 0 spiro atoms. The lowest BCUT2D eigenvalue weighted by atomic mass is 10.1. The number of aryl methyl sites for hydroxylation is 1. The summed E-state index contributed by atoms with van der Waals surface area (Å²) in [5.74, 6) is 0.0852. The fraction of sp³-hybridized carbons (Fsp3) is 0.500. The van der Waals surface area contributed by atoms with Crippen LogP contribution in [0.4, 0.5) is 0 Å². The minimum absolute atomic E-state index is 0.0643. The molecule has 2 amide bonds. The number of aromatic nitrogens is 2. The van der Waals surface area contributed by atoms with E-state index >= 15 is 0 Å². The zero-order chi connectivity index (χ0) is 17.4. The molecule has 7 nitrogen and oxygen atoms in total. The molecule has 0 bridgehead atoms. The largest absolute Gasteiger partial charge is 0.459 e. The lowest BCUT2D eigenvalue weighted by Crippen LogP contribution is -2.48. The molecule has 0 radical (unpaired) electrons. The highest BCUT2D eigenvalue weighted by Gasteiger charge is 2.35. The maximum absolute atomic E-state index is 12.8. The van der Waals surface area contributed by atoms with Gasteiger partial charge in [-0.25, -0.2) is 0 Å². The maximum Gasteiger partial charge on any atom is 0.290 e. The van der Waals surface area contributed by atoms with E-state index in [1.54, 1.807) is 21.8 Å². The molecule has 1 saturated carbocycles. The molecule has 1 aliphatic heterocycles. The zero-order valence-electron chi connectivity index (χ0n) is 14.3. The lowest BCUT2D eigenvalue weighted by Gasteiger charge is -2.33. The first-order valence-electron chi connectivity index (χ1n) is 8.79. The van der Waals surface area contributed by atoms with Crippen molar-refractivity contribution in [1.82, 2.24) is 20.0 Å². The van der Waals surface area contributed by atoms with Crippen molar-refractivity contribution in [2.75, 3.05) is 6.54 Å². The van der Waals surface area contributed by atoms with Crippen molar-refractivity contribution in [2.24, 2.45) is 0 Å². The molecular formula is C18H22N4O3. The second-order valence-corrected chi connectivity index (χ2v) is 6.89. The summed E-state index contributed by atoms with van der Waals surface area (Å²) in [6.07, 6.45) is 7.56. The fourth-order valence-corrected chi connectivity index (χ4v) is 3.75. The summed E-state index contributed by atoms with van der Waals surface area (Å²) in [6, 6.07) is 3.36. The van der Waals surface area contributed by atoms with Gasteiger partial charge in [0, 0.05) is 17.8 Å². The Bertz CT molecular complexity index is 788. The number of hydrogen-bond acceptors (Lipinski definition) is 4. The van der Waals surface area contributed by atoms with Crippen molar-refractivity contribution in [1.29, 1.82) is 0 Å². The number of carbonyl (C=O) groups is 2. The second kappa shape index (κ2) is 6.38. The van der Waals surface area contributed by atoms with Crippen LogP contribution in [0.5, 0.6) is 0 Å². The normalized spacial score (nSPS) is 20.5. The van der Waals surface area contributed by atoms with Gasteiger partial charge >= 0.3 is 0 Å². The standard InChI is InChI=1S/C18H22N4O3/c1-12-7-9-25-16(12)18(24)21-10-14-6-8-19-22(14)15(11-21)17(23)20-13-4-2-3-5-13/h6-9,13,15H,2-5,10-11H2,1H3,(H,20,23)/t15-/m1/s1. The highest BCUT2D eigenvalue weighted by atomic mass is 16.3. The molecule has 132 valence electrons. The van der Waals surface area contributed by atoms with Crippen LogP contribution in [0.15, 0.2) is 29.0 Å². The van der Waals surface area contributed by atoms with Crippen LogP contribution in [0.1, 0.15) is 53.5 Å². The van der Waals surface area contributed by atoms with Gasteiger partial charge in [0.2, 0.25) is 5.91 Å². The average molecular weight is 342 g/mol. The highest BCUT2D eigenvalue weighted by Crippen LogP contribution is 2.25. The molecule has 0 aromatic carbocycles. The van der Waals surface area contributed by atoms with Gasteiger partial charge in [-0.1, -0.05) is 12.8 Å². The predicted molar refractivity (Wildman–Crippen MR) is 89.8 cm³/mol. The van der Waals surface area contributed by atoms with Crippen molar-refractivity contribution < 1.29 is 14.0 Å². The van der Waals surface area contributed by atoms with Crippen LogP contribution in [0.25, 0.3) is 0 Å². The summed E-state index contributed by atoms with van der Waals surface area (Å²) in [7, 11) is 0. The van der Waals surface area contributed by atoms with Crippen molar-refractivity contribution in [3.8, 4) is 0 Å². The molecule has 3 heterocycles. The van der Waals surface area contributed by atoms with Gasteiger partial charge in [0.15, 0.2) is 5.76 Å². The van der Waals surface area contributed by atoms with Crippen LogP contribution in [0.3, 0.4) is 0 Å². The van der Waals surface area contributed by atoms with E-state index in [9.17, 15) is 9.59 Å². The average Bonchev–Trinajstić information content (AvgIpc) is 3.34. The minimum Gasteiger partial charge on any atom is -0.459 e. The van der Waals surface area contributed by atoms with E-state index in [-0.39, 0.29) is 17.9 Å². The van der Waals surface area contributed by atoms with Crippen LogP contribution in [-0.2, 0) is 11.3 Å². The summed E-state index contributed by atoms with van der Waals surface area (Å²) in [5, 5.41) is 7.43. The number of rotatable bonds is 3. The van der Waals surface area contributed by atoms with Crippen LogP contribution >= 0.6 is 0 Å². The molecule has 25 heavy (non-hydrogen) atoms. The number of hydrogen-bond donors (Lipinski definition) is 1. The van der Waals surface area contributed by atoms with E-state index in [1.807, 2.05) is 13.0 Å². The molecule has 0 saturated heterocycles. The Labute approximate surface area is 146 Å². The summed E-state index contributed by atoms with van der Waals surface area (Å²) in [6.45, 7) is 2.56. The third-order valence-electron chi connectivity index (χ3n) is 5.14. The summed E-state index contributed by atoms with van der Waals surface area (Å²) < 4.78 is 7.08. The van der Waals surface area contributed by atoms with Crippen molar-refractivity contribution in [2.45, 2.75) is 51.2 Å². The van der Waals surface area contributed by atoms with Gasteiger partial charge in [-0.2, -0.15) is 5.10 Å². The first-order valence-corrected chi connectivity index (χ1v) is 8.79. The Kier molecular flexibility index (Phi) is 4.07. The lowest BCUT2D eigenvalue weighted by molar-refractivity contribution is -0.126. The summed E-state index contributed by atoms with van der Waals surface area (Å²) >= 11 is 0. The summed E-state index contributed by atoms with van der Waals surface area (Å²) in [5.41, 5.74) is 1.66. The Morgan fingerprint density at radius 3 is 2.80 bits per heavy atom. The van der Waals surface area contributed by atoms with Gasteiger partial charge in [-0.15, -0.1) is 0 Å². The van der Waals surface area contributed by atoms with Crippen LogP contribution in [0.2, 0.25) is 0 Å². The van der Waals surface area contributed by atoms with E-state index in [4.69, 9.17) is 4.42 Å². The number of amides is 2. The molecule has 7 heteroatoms. The number of furan rings is 1. The maximum atomic E-state index is 12.8. The minimum atomic E-state index is -0.501. The number of nitrogens with zero attached hydrogens (tertiary/aromatic N) is 3. The molecule has 2 aromatic heterocycles. The number of carbonyl (C=O) groups excluding carboxylic acids is 2. The van der Waals surface area contributed by atoms with Gasteiger partial charge in [-0.3, -0.25) is 14.3 Å². The predicted octanol–water partition coefficient (Wildman–Crippen LogP) is 2.04. The van der Waals surface area contributed by atoms with Crippen LogP contribution in [0, 0.1) is 6.92 Å². The Hall–Kier alpha value is -2.57. The Morgan fingerprint density at radius 1 is 1.28 bits per heavy atom. The van der Waals surface area contributed by atoms with Crippen molar-refractivity contribution in [3.63, 3.8) is 0 Å². The monoisotopic (exact) mass is 342 g/mol. The molecule has 1 aliphatic carbocycles. The van der Waals surface area contributed by atoms with E-state index in [0.29, 0.717) is 18.8 Å². The van der Waals surface area contributed by atoms with Crippen LogP contribution < -0.4 is 5.32 Å². The molecule has 1 fully saturated rings. The highest BCUT2D eigenvalue weighted by molar-refractivity contribution is 5.93. The quantitative estimate of drug-likeness (QED) is 0.926. The first-order chi connectivity index (χ1) is 12.1. The Morgan fingerprint density at radius 2 is 2.08 bits per heavy atom. The molecule has 4 rings (SSSR count). The number of fused-ring (bicyclic) bond motifs is 1. The second-order valence-electron chi connectivity index (χ2n) is 6.89. The van der Waals surface area contributed by atoms with E-state index in [2.05, 4.69) is 10.4 Å². The summed E-state index contributed by atoms with van der Waals surface area (Å²) in [4.78, 5) is 27.3. The van der Waals surface area contributed by atoms with Gasteiger partial charge in [-0.05, 0) is 31.9 Å². The smallest absolute Gasteiger partial charge is 0.290 e. The Balaban J connectivity index is 1.56. The van der Waals surface area contributed by atoms with Gasteiger partial charge in [0.1, 0.15) is 6.04 Å². The first kappa shape index (κ1) is 15.9. The molecule has 1 atom stereocenters. The van der Waals surface area contributed by atoms with Gasteiger partial charge in [0.05, 0.1) is 25.0 Å². The SMILES string of the molecule is Cc1ccoc1C(=O)N1Cc2ccnn2[C@@H](C(=O)NC2CCCC2)C1. The fourth-order valence-electron chi connectivity index (χ4n) is 3.75. The third kappa shape index (κ3) is 2.94. The topological polar surface area (TPSA) is 80.4 Å². The van der Waals surface area contributed by atoms with Crippen molar-refractivity contribution >= 4 is 11.8 Å². The third-order valence-corrected chi connectivity index (χ3v) is 5.14. The van der Waals surface area contributed by atoms with E-state index in [0.717, 1.165) is 36.9 Å². The molecular weight excluding hydrogens is 320 g/mol. The van der Waals surface area contributed by atoms with Crippen LogP contribution in [-0.4, -0.2) is 39.1 Å². The molecule has 2 aromatic rings. The van der Waals surface area contributed by atoms with Crippen molar-refractivity contribution in [3.05, 3.63) is 41.6 Å². The molecule has 0 unspecified atom stereocenters. The van der Waals surface area contributed by atoms with Gasteiger partial charge in [0.25, 0.3) is 5.91 Å². The molecule has 1 N–H and O–H groups in total. The number of nitrogens with one attached hydrogen (secondary N) is 1.